The second-order valence-corrected chi connectivity index (χ2v) is 7.41. The summed E-state index contributed by atoms with van der Waals surface area (Å²) in [5.74, 6) is 0.265. The lowest BCUT2D eigenvalue weighted by molar-refractivity contribution is 0.00578. The summed E-state index contributed by atoms with van der Waals surface area (Å²) in [5, 5.41) is 1.53. The summed E-state index contributed by atoms with van der Waals surface area (Å²) < 4.78 is 37.4. The van der Waals surface area contributed by atoms with Crippen LogP contribution in [0.3, 0.4) is 0 Å². The quantitative estimate of drug-likeness (QED) is 0.600. The molecule has 2 aromatic carbocycles. The standard InChI is InChI=1S/C20H24BFO4/c1-7-15-17(22)9-8-13-10-14(24-12-23-6)11-16(18(13)15)21-25-19(2,3)20(4,5)26-21/h7-11H,1,12H2,2-6H3. The Morgan fingerprint density at radius 1 is 1.15 bits per heavy atom. The second kappa shape index (κ2) is 6.69. The average Bonchev–Trinajstić information content (AvgIpc) is 2.80. The van der Waals surface area contributed by atoms with Gasteiger partial charge in [0, 0.05) is 12.7 Å². The fraction of sp³-hybridized carbons (Fsp3) is 0.400. The summed E-state index contributed by atoms with van der Waals surface area (Å²) in [6, 6.07) is 6.80. The van der Waals surface area contributed by atoms with Crippen molar-refractivity contribution in [3.8, 4) is 5.75 Å². The fourth-order valence-electron chi connectivity index (χ4n) is 3.04. The van der Waals surface area contributed by atoms with Gasteiger partial charge in [-0.3, -0.25) is 0 Å². The maximum absolute atomic E-state index is 14.4. The van der Waals surface area contributed by atoms with Gasteiger partial charge in [-0.2, -0.15) is 0 Å². The lowest BCUT2D eigenvalue weighted by Gasteiger charge is -2.32. The summed E-state index contributed by atoms with van der Waals surface area (Å²) in [6.07, 6.45) is 1.52. The molecule has 1 saturated heterocycles. The van der Waals surface area contributed by atoms with Crippen LogP contribution in [0, 0.1) is 5.82 Å². The molecule has 1 aliphatic rings. The highest BCUT2D eigenvalue weighted by molar-refractivity contribution is 6.65. The first kappa shape index (κ1) is 18.9. The van der Waals surface area contributed by atoms with Crippen molar-refractivity contribution in [2.75, 3.05) is 13.9 Å². The van der Waals surface area contributed by atoms with Crippen LogP contribution in [0.5, 0.6) is 5.75 Å². The van der Waals surface area contributed by atoms with Gasteiger partial charge >= 0.3 is 7.12 Å². The Morgan fingerprint density at radius 3 is 2.38 bits per heavy atom. The molecule has 4 nitrogen and oxygen atoms in total. The molecule has 0 amide bonds. The largest absolute Gasteiger partial charge is 0.495 e. The van der Waals surface area contributed by atoms with Gasteiger partial charge < -0.3 is 18.8 Å². The van der Waals surface area contributed by atoms with Gasteiger partial charge in [0.1, 0.15) is 11.6 Å². The monoisotopic (exact) mass is 358 g/mol. The number of hydrogen-bond donors (Lipinski definition) is 0. The van der Waals surface area contributed by atoms with E-state index in [9.17, 15) is 4.39 Å². The van der Waals surface area contributed by atoms with Crippen LogP contribution in [-0.2, 0) is 14.0 Å². The van der Waals surface area contributed by atoms with E-state index in [1.807, 2.05) is 39.8 Å². The van der Waals surface area contributed by atoms with E-state index in [4.69, 9.17) is 18.8 Å². The van der Waals surface area contributed by atoms with Gasteiger partial charge in [0.15, 0.2) is 6.79 Å². The van der Waals surface area contributed by atoms with Crippen LogP contribution in [0.2, 0.25) is 0 Å². The Balaban J connectivity index is 2.21. The Hall–Kier alpha value is -1.89. The SMILES string of the molecule is C=Cc1c(F)ccc2cc(OCOC)cc(B3OC(C)(C)C(C)(C)O3)c12. The first-order valence-electron chi connectivity index (χ1n) is 8.56. The van der Waals surface area contributed by atoms with Gasteiger partial charge in [0.25, 0.3) is 0 Å². The lowest BCUT2D eigenvalue weighted by Crippen LogP contribution is -2.41. The molecule has 0 N–H and O–H groups in total. The molecular formula is C20H24BFO4. The van der Waals surface area contributed by atoms with Crippen molar-refractivity contribution in [3.05, 3.63) is 42.2 Å². The van der Waals surface area contributed by atoms with E-state index in [0.29, 0.717) is 22.2 Å². The average molecular weight is 358 g/mol. The van der Waals surface area contributed by atoms with Gasteiger partial charge in [0.2, 0.25) is 0 Å². The molecule has 0 unspecified atom stereocenters. The Bertz CT molecular complexity index is 831. The van der Waals surface area contributed by atoms with Crippen molar-refractivity contribution < 1.29 is 23.2 Å². The predicted octanol–water partition coefficient (Wildman–Crippen LogP) is 3.90. The number of benzene rings is 2. The van der Waals surface area contributed by atoms with Crippen molar-refractivity contribution in [1.29, 1.82) is 0 Å². The third-order valence-corrected chi connectivity index (χ3v) is 5.16. The van der Waals surface area contributed by atoms with E-state index in [1.165, 1.54) is 12.1 Å². The molecule has 0 aromatic heterocycles. The van der Waals surface area contributed by atoms with Crippen LogP contribution in [0.15, 0.2) is 30.8 Å². The minimum atomic E-state index is -0.644. The van der Waals surface area contributed by atoms with E-state index in [2.05, 4.69) is 6.58 Å². The molecule has 1 fully saturated rings. The van der Waals surface area contributed by atoms with Crippen LogP contribution in [0.25, 0.3) is 16.8 Å². The zero-order valence-corrected chi connectivity index (χ0v) is 15.9. The van der Waals surface area contributed by atoms with Crippen LogP contribution in [-0.4, -0.2) is 32.2 Å². The molecule has 0 spiro atoms. The Morgan fingerprint density at radius 2 is 1.81 bits per heavy atom. The molecule has 0 saturated carbocycles. The molecule has 0 radical (unpaired) electrons. The molecule has 138 valence electrons. The van der Waals surface area contributed by atoms with E-state index in [0.717, 1.165) is 5.39 Å². The van der Waals surface area contributed by atoms with Gasteiger partial charge in [-0.25, -0.2) is 4.39 Å². The smallest absolute Gasteiger partial charge is 0.468 e. The minimum absolute atomic E-state index is 0.115. The molecule has 3 rings (SSSR count). The van der Waals surface area contributed by atoms with Gasteiger partial charge in [0.05, 0.1) is 11.2 Å². The first-order valence-corrected chi connectivity index (χ1v) is 8.56. The van der Waals surface area contributed by atoms with E-state index >= 15 is 0 Å². The topological polar surface area (TPSA) is 36.9 Å². The number of fused-ring (bicyclic) bond motifs is 1. The number of hydrogen-bond acceptors (Lipinski definition) is 4. The highest BCUT2D eigenvalue weighted by Crippen LogP contribution is 2.38. The Kier molecular flexibility index (Phi) is 4.86. The third-order valence-electron chi connectivity index (χ3n) is 5.16. The highest BCUT2D eigenvalue weighted by Gasteiger charge is 2.52. The third kappa shape index (κ3) is 3.13. The van der Waals surface area contributed by atoms with Crippen LogP contribution < -0.4 is 10.2 Å². The van der Waals surface area contributed by atoms with Gasteiger partial charge in [-0.15, -0.1) is 0 Å². The van der Waals surface area contributed by atoms with E-state index < -0.39 is 18.3 Å². The normalized spacial score (nSPS) is 18.3. The van der Waals surface area contributed by atoms with E-state index in [-0.39, 0.29) is 12.6 Å². The second-order valence-electron chi connectivity index (χ2n) is 7.41. The molecule has 1 aliphatic heterocycles. The maximum atomic E-state index is 14.4. The summed E-state index contributed by atoms with van der Waals surface area (Å²) in [7, 11) is 0.913. The number of rotatable bonds is 5. The zero-order valence-electron chi connectivity index (χ0n) is 15.9. The molecule has 6 heteroatoms. The summed E-state index contributed by atoms with van der Waals surface area (Å²) in [5.41, 5.74) is 0.122. The summed E-state index contributed by atoms with van der Waals surface area (Å²) in [6.45, 7) is 11.8. The minimum Gasteiger partial charge on any atom is -0.468 e. The van der Waals surface area contributed by atoms with Crippen molar-refractivity contribution in [2.24, 2.45) is 0 Å². The van der Waals surface area contributed by atoms with E-state index in [1.54, 1.807) is 13.2 Å². The first-order chi connectivity index (χ1) is 12.2. The summed E-state index contributed by atoms with van der Waals surface area (Å²) in [4.78, 5) is 0. The summed E-state index contributed by atoms with van der Waals surface area (Å²) >= 11 is 0. The van der Waals surface area contributed by atoms with Crippen LogP contribution >= 0.6 is 0 Å². The molecular weight excluding hydrogens is 334 g/mol. The van der Waals surface area contributed by atoms with Crippen LogP contribution in [0.1, 0.15) is 33.3 Å². The van der Waals surface area contributed by atoms with Crippen molar-refractivity contribution in [2.45, 2.75) is 38.9 Å². The highest BCUT2D eigenvalue weighted by atomic mass is 19.1. The molecule has 1 heterocycles. The van der Waals surface area contributed by atoms with Crippen molar-refractivity contribution >= 4 is 29.4 Å². The van der Waals surface area contributed by atoms with Crippen LogP contribution in [0.4, 0.5) is 4.39 Å². The van der Waals surface area contributed by atoms with Crippen molar-refractivity contribution in [3.63, 3.8) is 0 Å². The molecule has 0 aliphatic carbocycles. The number of ether oxygens (including phenoxy) is 2. The molecule has 26 heavy (non-hydrogen) atoms. The predicted molar refractivity (Wildman–Crippen MR) is 102 cm³/mol. The molecule has 0 atom stereocenters. The number of methoxy groups -OCH3 is 1. The Labute approximate surface area is 154 Å². The fourth-order valence-corrected chi connectivity index (χ4v) is 3.04. The maximum Gasteiger partial charge on any atom is 0.495 e. The van der Waals surface area contributed by atoms with Crippen molar-refractivity contribution in [1.82, 2.24) is 0 Å². The molecule has 2 aromatic rings. The van der Waals surface area contributed by atoms with Gasteiger partial charge in [-0.1, -0.05) is 18.7 Å². The number of halogens is 1. The van der Waals surface area contributed by atoms with Gasteiger partial charge in [-0.05, 0) is 62.1 Å². The lowest BCUT2D eigenvalue weighted by atomic mass is 9.74. The molecule has 0 bridgehead atoms. The zero-order chi connectivity index (χ0) is 19.1.